The van der Waals surface area contributed by atoms with Crippen molar-refractivity contribution in [1.29, 1.82) is 0 Å². The zero-order chi connectivity index (χ0) is 10.6. The lowest BCUT2D eigenvalue weighted by molar-refractivity contribution is -0.104. The normalized spacial score (nSPS) is 10.4. The highest BCUT2D eigenvalue weighted by molar-refractivity contribution is 5.82. The van der Waals surface area contributed by atoms with Gasteiger partial charge in [-0.3, -0.25) is 9.59 Å². The fraction of sp³-hybridized carbons (Fsp3) is 0. The summed E-state index contributed by atoms with van der Waals surface area (Å²) in [4.78, 5) is 20.4. The Hall–Kier alpha value is -1.97. The maximum atomic E-state index is 12.9. The zero-order valence-corrected chi connectivity index (χ0v) is 7.11. The molecule has 0 aliphatic carbocycles. The van der Waals surface area contributed by atoms with Crippen molar-refractivity contribution in [2.45, 2.75) is 0 Å². The van der Waals surface area contributed by atoms with E-state index in [1.807, 2.05) is 0 Å². The van der Waals surface area contributed by atoms with Crippen LogP contribution in [0.1, 0.15) is 15.9 Å². The summed E-state index contributed by atoms with van der Waals surface area (Å²) in [7, 11) is 0. The maximum Gasteiger partial charge on any atom is 0.166 e. The van der Waals surface area contributed by atoms with Gasteiger partial charge in [-0.25, -0.2) is 4.39 Å². The molecule has 0 amide bonds. The molecule has 14 heavy (non-hydrogen) atoms. The van der Waals surface area contributed by atoms with Crippen molar-refractivity contribution in [1.82, 2.24) is 0 Å². The molecule has 0 aliphatic rings. The Balaban J connectivity index is 3.22. The van der Waals surface area contributed by atoms with Crippen molar-refractivity contribution in [2.24, 2.45) is 0 Å². The summed E-state index contributed by atoms with van der Waals surface area (Å²) < 4.78 is 12.9. The van der Waals surface area contributed by atoms with Crippen LogP contribution in [-0.4, -0.2) is 17.7 Å². The van der Waals surface area contributed by atoms with Gasteiger partial charge in [0.05, 0.1) is 5.56 Å². The molecule has 0 aliphatic heterocycles. The Bertz CT molecular complexity index is 397. The first-order chi connectivity index (χ1) is 6.69. The minimum Gasteiger partial charge on any atom is -0.504 e. The highest BCUT2D eigenvalue weighted by Gasteiger charge is 2.07. The monoisotopic (exact) mass is 194 g/mol. The SMILES string of the molecule is O=CC=Cc1cc(F)c(O)c(C=O)c1. The molecule has 1 aromatic carbocycles. The van der Waals surface area contributed by atoms with Gasteiger partial charge in [0.25, 0.3) is 0 Å². The number of halogens is 1. The number of phenols is 1. The number of aldehydes is 2. The summed E-state index contributed by atoms with van der Waals surface area (Å²) in [5, 5.41) is 9.05. The molecule has 1 N–H and O–H groups in total. The molecule has 0 spiro atoms. The Morgan fingerprint density at radius 1 is 1.29 bits per heavy atom. The first-order valence-electron chi connectivity index (χ1n) is 3.78. The Morgan fingerprint density at radius 3 is 2.57 bits per heavy atom. The third-order valence-corrected chi connectivity index (χ3v) is 1.61. The lowest BCUT2D eigenvalue weighted by atomic mass is 10.1. The molecule has 0 heterocycles. The number of phenolic OH excluding ortho intramolecular Hbond substituents is 1. The summed E-state index contributed by atoms with van der Waals surface area (Å²) in [6, 6.07) is 2.31. The van der Waals surface area contributed by atoms with E-state index in [2.05, 4.69) is 0 Å². The lowest BCUT2D eigenvalue weighted by Gasteiger charge is -2.00. The number of benzene rings is 1. The fourth-order valence-electron chi connectivity index (χ4n) is 0.979. The first kappa shape index (κ1) is 10.1. The molecule has 0 bridgehead atoms. The van der Waals surface area contributed by atoms with Crippen LogP contribution in [0.2, 0.25) is 0 Å². The quantitative estimate of drug-likeness (QED) is 0.586. The summed E-state index contributed by atoms with van der Waals surface area (Å²) in [5.74, 6) is -1.57. The Morgan fingerprint density at radius 2 is 2.00 bits per heavy atom. The number of hydrogen-bond acceptors (Lipinski definition) is 3. The second-order valence-electron chi connectivity index (χ2n) is 2.55. The molecule has 0 saturated carbocycles. The zero-order valence-electron chi connectivity index (χ0n) is 7.11. The van der Waals surface area contributed by atoms with Gasteiger partial charge in [0.15, 0.2) is 17.9 Å². The van der Waals surface area contributed by atoms with Crippen LogP contribution in [0.25, 0.3) is 6.08 Å². The van der Waals surface area contributed by atoms with Crippen LogP contribution in [0.15, 0.2) is 18.2 Å². The topological polar surface area (TPSA) is 54.4 Å². The average Bonchev–Trinajstić information content (AvgIpc) is 2.19. The van der Waals surface area contributed by atoms with Gasteiger partial charge >= 0.3 is 0 Å². The summed E-state index contributed by atoms with van der Waals surface area (Å²) >= 11 is 0. The molecule has 1 rings (SSSR count). The van der Waals surface area contributed by atoms with Crippen molar-refractivity contribution < 1.29 is 19.1 Å². The molecule has 0 aromatic heterocycles. The maximum absolute atomic E-state index is 12.9. The van der Waals surface area contributed by atoms with Crippen LogP contribution in [0, 0.1) is 5.82 Å². The van der Waals surface area contributed by atoms with Gasteiger partial charge in [-0.15, -0.1) is 0 Å². The van der Waals surface area contributed by atoms with E-state index in [-0.39, 0.29) is 5.56 Å². The van der Waals surface area contributed by atoms with Crippen molar-refractivity contribution in [3.63, 3.8) is 0 Å². The van der Waals surface area contributed by atoms with Crippen molar-refractivity contribution in [3.05, 3.63) is 35.2 Å². The largest absolute Gasteiger partial charge is 0.504 e. The first-order valence-corrected chi connectivity index (χ1v) is 3.78. The minimum absolute atomic E-state index is 0.143. The molecule has 1 aromatic rings. The number of carbonyl (C=O) groups excluding carboxylic acids is 2. The van der Waals surface area contributed by atoms with E-state index in [9.17, 15) is 14.0 Å². The second-order valence-corrected chi connectivity index (χ2v) is 2.55. The predicted octanol–water partition coefficient (Wildman–Crippen LogP) is 1.56. The number of hydrogen-bond donors (Lipinski definition) is 1. The van der Waals surface area contributed by atoms with E-state index in [0.717, 1.165) is 6.07 Å². The van der Waals surface area contributed by atoms with Crippen LogP contribution in [0.3, 0.4) is 0 Å². The summed E-state index contributed by atoms with van der Waals surface area (Å²) in [5.41, 5.74) is 0.199. The van der Waals surface area contributed by atoms with Gasteiger partial charge in [-0.1, -0.05) is 6.08 Å². The number of rotatable bonds is 3. The van der Waals surface area contributed by atoms with Crippen LogP contribution >= 0.6 is 0 Å². The van der Waals surface area contributed by atoms with Gasteiger partial charge in [0.2, 0.25) is 0 Å². The number of allylic oxidation sites excluding steroid dienone is 1. The van der Waals surface area contributed by atoms with Crippen LogP contribution < -0.4 is 0 Å². The number of carbonyl (C=O) groups is 2. The van der Waals surface area contributed by atoms with Gasteiger partial charge < -0.3 is 5.11 Å². The molecule has 0 radical (unpaired) electrons. The van der Waals surface area contributed by atoms with E-state index in [1.54, 1.807) is 0 Å². The van der Waals surface area contributed by atoms with E-state index in [1.165, 1.54) is 18.2 Å². The van der Waals surface area contributed by atoms with Crippen LogP contribution in [0.5, 0.6) is 5.75 Å². The van der Waals surface area contributed by atoms with Crippen molar-refractivity contribution in [2.75, 3.05) is 0 Å². The van der Waals surface area contributed by atoms with Gasteiger partial charge in [-0.2, -0.15) is 0 Å². The van der Waals surface area contributed by atoms with E-state index >= 15 is 0 Å². The number of aromatic hydroxyl groups is 1. The summed E-state index contributed by atoms with van der Waals surface area (Å²) in [6.45, 7) is 0. The smallest absolute Gasteiger partial charge is 0.166 e. The van der Waals surface area contributed by atoms with Crippen molar-refractivity contribution in [3.8, 4) is 5.75 Å². The Kier molecular flexibility index (Phi) is 3.12. The van der Waals surface area contributed by atoms with Gasteiger partial charge in [0, 0.05) is 0 Å². The van der Waals surface area contributed by atoms with E-state index < -0.39 is 11.6 Å². The molecule has 4 heteroatoms. The van der Waals surface area contributed by atoms with Crippen LogP contribution in [0.4, 0.5) is 4.39 Å². The highest BCUT2D eigenvalue weighted by Crippen LogP contribution is 2.22. The molecule has 0 saturated heterocycles. The molecule has 72 valence electrons. The molecular formula is C10H7FO3. The third kappa shape index (κ3) is 2.04. The lowest BCUT2D eigenvalue weighted by Crippen LogP contribution is -1.87. The van der Waals surface area contributed by atoms with Gasteiger partial charge in [0.1, 0.15) is 6.29 Å². The average molecular weight is 194 g/mol. The summed E-state index contributed by atoms with van der Waals surface area (Å²) in [6.07, 6.45) is 3.38. The Labute approximate surface area is 79.5 Å². The molecular weight excluding hydrogens is 187 g/mol. The fourth-order valence-corrected chi connectivity index (χ4v) is 0.979. The van der Waals surface area contributed by atoms with E-state index in [4.69, 9.17) is 5.11 Å². The predicted molar refractivity (Wildman–Crippen MR) is 48.6 cm³/mol. The molecule has 0 atom stereocenters. The van der Waals surface area contributed by atoms with Crippen molar-refractivity contribution >= 4 is 18.6 Å². The third-order valence-electron chi connectivity index (χ3n) is 1.61. The van der Waals surface area contributed by atoms with Gasteiger partial charge in [-0.05, 0) is 23.8 Å². The van der Waals surface area contributed by atoms with E-state index in [0.29, 0.717) is 18.1 Å². The molecule has 3 nitrogen and oxygen atoms in total. The molecule has 0 unspecified atom stereocenters. The minimum atomic E-state index is -0.889. The molecule has 0 fully saturated rings. The van der Waals surface area contributed by atoms with Crippen LogP contribution in [-0.2, 0) is 4.79 Å². The highest BCUT2D eigenvalue weighted by atomic mass is 19.1. The second kappa shape index (κ2) is 4.32. The standard InChI is InChI=1S/C10H7FO3/c11-9-5-7(2-1-3-12)4-8(6-13)10(9)14/h1-6,14H.